The molecule has 2 aliphatic rings. The molecule has 2 fully saturated rings. The number of benzene rings is 1. The molecule has 3 aromatic rings. The van der Waals surface area contributed by atoms with Gasteiger partial charge in [-0.2, -0.15) is 0 Å². The molecule has 1 atom stereocenters. The van der Waals surface area contributed by atoms with Crippen LogP contribution in [0.3, 0.4) is 0 Å². The molecule has 24 heavy (non-hydrogen) atoms. The van der Waals surface area contributed by atoms with Gasteiger partial charge in [-0.15, -0.1) is 16.4 Å². The number of aromatic nitrogens is 4. The molecular formula is C17H19N5OS. The zero-order chi connectivity index (χ0) is 16.0. The maximum atomic E-state index is 6.31. The molecule has 2 aliphatic heterocycles. The molecule has 5 rings (SSSR count). The van der Waals surface area contributed by atoms with E-state index in [0.29, 0.717) is 0 Å². The predicted octanol–water partition coefficient (Wildman–Crippen LogP) is 2.47. The maximum Gasteiger partial charge on any atom is 0.146 e. The highest BCUT2D eigenvalue weighted by Gasteiger charge is 2.42. The average Bonchev–Trinajstić information content (AvgIpc) is 3.20. The Morgan fingerprint density at radius 2 is 2.25 bits per heavy atom. The highest BCUT2D eigenvalue weighted by Crippen LogP contribution is 2.33. The molecule has 2 saturated heterocycles. The van der Waals surface area contributed by atoms with Gasteiger partial charge in [-0.25, -0.2) is 9.67 Å². The van der Waals surface area contributed by atoms with Crippen LogP contribution in [-0.4, -0.2) is 44.8 Å². The highest BCUT2D eigenvalue weighted by atomic mass is 32.1. The molecule has 124 valence electrons. The van der Waals surface area contributed by atoms with E-state index in [1.807, 2.05) is 29.1 Å². The maximum absolute atomic E-state index is 6.31. The Labute approximate surface area is 143 Å². The van der Waals surface area contributed by atoms with E-state index in [1.54, 1.807) is 11.3 Å². The first-order chi connectivity index (χ1) is 11.8. The average molecular weight is 341 g/mol. The van der Waals surface area contributed by atoms with Crippen molar-refractivity contribution in [2.45, 2.75) is 37.5 Å². The first-order valence-corrected chi connectivity index (χ1v) is 9.26. The van der Waals surface area contributed by atoms with Crippen LogP contribution in [0.1, 0.15) is 19.3 Å². The molecule has 1 unspecified atom stereocenters. The molecule has 0 amide bonds. The zero-order valence-corrected chi connectivity index (χ0v) is 14.1. The fraction of sp³-hybridized carbons (Fsp3) is 0.471. The number of ether oxygens (including phenoxy) is 1. The molecule has 0 radical (unpaired) electrons. The number of hydrogen-bond donors (Lipinski definition) is 1. The summed E-state index contributed by atoms with van der Waals surface area (Å²) in [4.78, 5) is 4.65. The van der Waals surface area contributed by atoms with Crippen molar-refractivity contribution in [1.82, 2.24) is 25.3 Å². The van der Waals surface area contributed by atoms with Gasteiger partial charge in [0.25, 0.3) is 0 Å². The third kappa shape index (κ3) is 2.53. The molecule has 2 aromatic heterocycles. The van der Waals surface area contributed by atoms with Gasteiger partial charge in [-0.1, -0.05) is 17.3 Å². The summed E-state index contributed by atoms with van der Waals surface area (Å²) < 4.78 is 9.39. The first-order valence-electron chi connectivity index (χ1n) is 8.44. The van der Waals surface area contributed by atoms with Crippen molar-refractivity contribution in [3.05, 3.63) is 30.5 Å². The van der Waals surface area contributed by atoms with Crippen LogP contribution < -0.4 is 5.32 Å². The quantitative estimate of drug-likeness (QED) is 0.793. The van der Waals surface area contributed by atoms with Crippen molar-refractivity contribution in [2.24, 2.45) is 0 Å². The number of hydrogen-bond acceptors (Lipinski definition) is 6. The zero-order valence-electron chi connectivity index (χ0n) is 13.3. The van der Waals surface area contributed by atoms with Gasteiger partial charge >= 0.3 is 0 Å². The fourth-order valence-corrected chi connectivity index (χ4v) is 4.51. The number of rotatable bonds is 3. The minimum Gasteiger partial charge on any atom is -0.367 e. The van der Waals surface area contributed by atoms with Crippen LogP contribution in [0.2, 0.25) is 0 Å². The molecule has 4 heterocycles. The van der Waals surface area contributed by atoms with Gasteiger partial charge in [-0.3, -0.25) is 0 Å². The summed E-state index contributed by atoms with van der Waals surface area (Å²) in [5.41, 5.74) is 1.94. The van der Waals surface area contributed by atoms with Gasteiger partial charge in [0.1, 0.15) is 10.7 Å². The summed E-state index contributed by atoms with van der Waals surface area (Å²) in [6.07, 6.45) is 5.71. The third-order valence-electron chi connectivity index (χ3n) is 4.91. The number of fused-ring (bicyclic) bond motifs is 1. The lowest BCUT2D eigenvalue weighted by atomic mass is 9.86. The first kappa shape index (κ1) is 14.5. The standard InChI is InChI=1S/C17H19N5OS/c1-2-6-15-13(5-1)19-16(24-15)14-9-22(21-20-14)8-12-4-3-7-17(23-12)10-18-11-17/h1-2,5-6,9,12,18H,3-4,7-8,10-11H2. The minimum atomic E-state index is 0.0827. The van der Waals surface area contributed by atoms with E-state index >= 15 is 0 Å². The second-order valence-corrected chi connectivity index (χ2v) is 7.76. The summed E-state index contributed by atoms with van der Waals surface area (Å²) in [5.74, 6) is 0. The van der Waals surface area contributed by atoms with Crippen molar-refractivity contribution < 1.29 is 4.74 Å². The summed E-state index contributed by atoms with van der Waals surface area (Å²) in [6.45, 7) is 2.73. The molecule has 1 spiro atoms. The van der Waals surface area contributed by atoms with Crippen molar-refractivity contribution in [3.63, 3.8) is 0 Å². The summed E-state index contributed by atoms with van der Waals surface area (Å²) >= 11 is 1.66. The molecule has 1 aromatic carbocycles. The number of para-hydroxylation sites is 1. The van der Waals surface area contributed by atoms with Crippen molar-refractivity contribution in [3.8, 4) is 10.7 Å². The van der Waals surface area contributed by atoms with E-state index in [2.05, 4.69) is 26.7 Å². The van der Waals surface area contributed by atoms with Crippen molar-refractivity contribution in [2.75, 3.05) is 13.1 Å². The molecule has 0 bridgehead atoms. The van der Waals surface area contributed by atoms with Gasteiger partial charge in [0, 0.05) is 13.1 Å². The lowest BCUT2D eigenvalue weighted by Crippen LogP contribution is -2.63. The van der Waals surface area contributed by atoms with Crippen molar-refractivity contribution >= 4 is 21.6 Å². The third-order valence-corrected chi connectivity index (χ3v) is 5.97. The fourth-order valence-electron chi connectivity index (χ4n) is 3.59. The number of nitrogens with zero attached hydrogens (tertiary/aromatic N) is 4. The lowest BCUT2D eigenvalue weighted by Gasteiger charge is -2.47. The Morgan fingerprint density at radius 3 is 3.08 bits per heavy atom. The summed E-state index contributed by atoms with van der Waals surface area (Å²) in [5, 5.41) is 12.8. The Morgan fingerprint density at radius 1 is 1.33 bits per heavy atom. The van der Waals surface area contributed by atoms with Gasteiger partial charge in [0.15, 0.2) is 0 Å². The van der Waals surface area contributed by atoms with Crippen LogP contribution >= 0.6 is 11.3 Å². The summed E-state index contributed by atoms with van der Waals surface area (Å²) in [6, 6.07) is 8.16. The van der Waals surface area contributed by atoms with E-state index in [4.69, 9.17) is 4.74 Å². The predicted molar refractivity (Wildman–Crippen MR) is 93.0 cm³/mol. The van der Waals surface area contributed by atoms with Crippen LogP contribution in [0.15, 0.2) is 30.5 Å². The van der Waals surface area contributed by atoms with Gasteiger partial charge < -0.3 is 10.1 Å². The van der Waals surface area contributed by atoms with Gasteiger partial charge in [-0.05, 0) is 31.4 Å². The Kier molecular flexibility index (Phi) is 3.39. The number of thiazole rings is 1. The highest BCUT2D eigenvalue weighted by molar-refractivity contribution is 7.21. The second-order valence-electron chi connectivity index (χ2n) is 6.73. The summed E-state index contributed by atoms with van der Waals surface area (Å²) in [7, 11) is 0. The Hall–Kier alpha value is -1.83. The smallest absolute Gasteiger partial charge is 0.146 e. The normalized spacial score (nSPS) is 22.8. The monoisotopic (exact) mass is 341 g/mol. The van der Waals surface area contributed by atoms with Crippen LogP contribution in [-0.2, 0) is 11.3 Å². The lowest BCUT2D eigenvalue weighted by molar-refractivity contribution is -0.158. The largest absolute Gasteiger partial charge is 0.367 e. The van der Waals surface area contributed by atoms with E-state index in [9.17, 15) is 0 Å². The Balaban J connectivity index is 1.33. The van der Waals surface area contributed by atoms with Crippen molar-refractivity contribution in [1.29, 1.82) is 0 Å². The van der Waals surface area contributed by atoms with Gasteiger partial charge in [0.05, 0.1) is 34.7 Å². The van der Waals surface area contributed by atoms with Crippen LogP contribution in [0.4, 0.5) is 0 Å². The van der Waals surface area contributed by atoms with E-state index in [-0.39, 0.29) is 11.7 Å². The molecular weight excluding hydrogens is 322 g/mol. The molecule has 6 nitrogen and oxygen atoms in total. The van der Waals surface area contributed by atoms with Crippen LogP contribution in [0, 0.1) is 0 Å². The van der Waals surface area contributed by atoms with E-state index in [0.717, 1.165) is 42.3 Å². The van der Waals surface area contributed by atoms with Gasteiger partial charge in [0.2, 0.25) is 0 Å². The van der Waals surface area contributed by atoms with E-state index in [1.165, 1.54) is 17.5 Å². The van der Waals surface area contributed by atoms with E-state index < -0.39 is 0 Å². The Bertz CT molecular complexity index is 836. The van der Waals surface area contributed by atoms with Crippen LogP contribution in [0.5, 0.6) is 0 Å². The SMILES string of the molecule is c1ccc2sc(-c3cn(CC4CCCC5(CNC5)O4)nn3)nc2c1. The minimum absolute atomic E-state index is 0.0827. The molecule has 0 saturated carbocycles. The van der Waals surface area contributed by atoms with Crippen LogP contribution in [0.25, 0.3) is 20.9 Å². The number of nitrogens with one attached hydrogen (secondary N) is 1. The topological polar surface area (TPSA) is 64.9 Å². The molecule has 1 N–H and O–H groups in total. The molecule has 7 heteroatoms. The molecule has 0 aliphatic carbocycles. The second kappa shape index (κ2) is 5.61.